The number of hydrogen-bond donors (Lipinski definition) is 1. The number of nitrogens with zero attached hydrogens (tertiary/aromatic N) is 3. The van der Waals surface area contributed by atoms with Crippen LogP contribution in [-0.2, 0) is 19.8 Å². The Bertz CT molecular complexity index is 808. The summed E-state index contributed by atoms with van der Waals surface area (Å²) in [6.07, 6.45) is -1.13. The summed E-state index contributed by atoms with van der Waals surface area (Å²) in [5, 5.41) is 2.94. The number of fused-ring (bicyclic) bond motifs is 1. The van der Waals surface area contributed by atoms with E-state index in [1.54, 1.807) is 24.7 Å². The number of nitrogens with one attached hydrogen (secondary N) is 1. The van der Waals surface area contributed by atoms with Crippen LogP contribution < -0.4 is 5.32 Å². The van der Waals surface area contributed by atoms with E-state index in [4.69, 9.17) is 0 Å². The molecule has 0 spiro atoms. The molecular weight excluding hydrogens is 293 g/mol. The van der Waals surface area contributed by atoms with E-state index in [0.29, 0.717) is 11.3 Å². The number of imidazole rings is 1. The molecule has 0 atom stereocenters. The lowest BCUT2D eigenvalue weighted by molar-refractivity contribution is -0.138. The van der Waals surface area contributed by atoms with Gasteiger partial charge in [-0.1, -0.05) is 18.2 Å². The van der Waals surface area contributed by atoms with E-state index in [1.807, 2.05) is 11.6 Å². The second-order valence-electron chi connectivity index (χ2n) is 4.89. The summed E-state index contributed by atoms with van der Waals surface area (Å²) >= 11 is 0. The fraction of sp³-hybridized carbons (Fsp3) is 0.200. The zero-order chi connectivity index (χ0) is 15.7. The molecule has 2 heterocycles. The molecule has 1 N–H and O–H groups in total. The minimum atomic E-state index is -4.37. The van der Waals surface area contributed by atoms with Crippen LogP contribution in [0.5, 0.6) is 0 Å². The van der Waals surface area contributed by atoms with Crippen molar-refractivity contribution in [3.05, 3.63) is 54.0 Å². The molecule has 0 bridgehead atoms. The van der Waals surface area contributed by atoms with Crippen LogP contribution in [0.25, 0.3) is 11.0 Å². The predicted octanol–water partition coefficient (Wildman–Crippen LogP) is 3.60. The van der Waals surface area contributed by atoms with Gasteiger partial charge in [-0.3, -0.25) is 0 Å². The Morgan fingerprint density at radius 1 is 1.14 bits per heavy atom. The maximum atomic E-state index is 13.0. The summed E-state index contributed by atoms with van der Waals surface area (Å²) in [4.78, 5) is 8.38. The normalized spacial score (nSPS) is 11.8. The van der Waals surface area contributed by atoms with Crippen LogP contribution >= 0.6 is 0 Å². The second kappa shape index (κ2) is 5.32. The first-order valence-electron chi connectivity index (χ1n) is 6.62. The summed E-state index contributed by atoms with van der Waals surface area (Å²) in [5.74, 6) is 0.468. The Morgan fingerprint density at radius 3 is 2.68 bits per heavy atom. The van der Waals surface area contributed by atoms with Gasteiger partial charge in [0, 0.05) is 19.8 Å². The second-order valence-corrected chi connectivity index (χ2v) is 4.89. The number of hydrogen-bond acceptors (Lipinski definition) is 3. The summed E-state index contributed by atoms with van der Waals surface area (Å²) in [6.45, 7) is 0.0262. The maximum Gasteiger partial charge on any atom is 0.416 e. The summed E-state index contributed by atoms with van der Waals surface area (Å²) < 4.78 is 40.7. The molecule has 7 heteroatoms. The minimum Gasteiger partial charge on any atom is -0.364 e. The zero-order valence-electron chi connectivity index (χ0n) is 11.7. The van der Waals surface area contributed by atoms with Gasteiger partial charge < -0.3 is 9.88 Å². The van der Waals surface area contributed by atoms with Gasteiger partial charge in [0.25, 0.3) is 0 Å². The molecule has 114 valence electrons. The lowest BCUT2D eigenvalue weighted by atomic mass is 10.1. The molecule has 0 aliphatic rings. The summed E-state index contributed by atoms with van der Waals surface area (Å²) in [5.41, 5.74) is 1.02. The lowest BCUT2D eigenvalue weighted by Gasteiger charge is -2.13. The number of halogens is 3. The molecule has 0 saturated carbocycles. The van der Waals surface area contributed by atoms with Crippen molar-refractivity contribution in [3.63, 3.8) is 0 Å². The SMILES string of the molecule is Cn1cnc2c(NCc3ccccc3C(F)(F)F)nccc21. The number of aryl methyl sites for hydroxylation is 1. The number of benzene rings is 1. The van der Waals surface area contributed by atoms with Gasteiger partial charge >= 0.3 is 6.18 Å². The zero-order valence-corrected chi connectivity index (χ0v) is 11.7. The van der Waals surface area contributed by atoms with Crippen molar-refractivity contribution in [2.75, 3.05) is 5.32 Å². The van der Waals surface area contributed by atoms with Crippen molar-refractivity contribution in [1.82, 2.24) is 14.5 Å². The summed E-state index contributed by atoms with van der Waals surface area (Å²) in [7, 11) is 1.85. The third-order valence-corrected chi connectivity index (χ3v) is 3.41. The molecule has 22 heavy (non-hydrogen) atoms. The molecule has 2 aromatic heterocycles. The van der Waals surface area contributed by atoms with Crippen LogP contribution in [0.1, 0.15) is 11.1 Å². The van der Waals surface area contributed by atoms with Crippen molar-refractivity contribution in [2.45, 2.75) is 12.7 Å². The molecule has 3 aromatic rings. The minimum absolute atomic E-state index is 0.0262. The Morgan fingerprint density at radius 2 is 1.91 bits per heavy atom. The molecule has 0 aliphatic heterocycles. The fourth-order valence-electron chi connectivity index (χ4n) is 2.32. The Balaban J connectivity index is 1.89. The fourth-order valence-corrected chi connectivity index (χ4v) is 2.32. The molecule has 0 fully saturated rings. The van der Waals surface area contributed by atoms with E-state index in [2.05, 4.69) is 15.3 Å². The average molecular weight is 306 g/mol. The molecule has 0 saturated heterocycles. The van der Waals surface area contributed by atoms with E-state index in [0.717, 1.165) is 11.6 Å². The van der Waals surface area contributed by atoms with Gasteiger partial charge in [0.15, 0.2) is 5.82 Å². The number of anilines is 1. The highest BCUT2D eigenvalue weighted by atomic mass is 19.4. The van der Waals surface area contributed by atoms with Gasteiger partial charge in [0.2, 0.25) is 0 Å². The van der Waals surface area contributed by atoms with Crippen LogP contribution in [0, 0.1) is 0 Å². The van der Waals surface area contributed by atoms with Gasteiger partial charge in [0.1, 0.15) is 5.52 Å². The van der Waals surface area contributed by atoms with Crippen molar-refractivity contribution in [3.8, 4) is 0 Å². The molecule has 4 nitrogen and oxygen atoms in total. The number of alkyl halides is 3. The standard InChI is InChI=1S/C15H13F3N4/c1-22-9-21-13-12(22)6-7-19-14(13)20-8-10-4-2-3-5-11(10)15(16,17)18/h2-7,9H,8H2,1H3,(H,19,20). The van der Waals surface area contributed by atoms with E-state index >= 15 is 0 Å². The summed E-state index contributed by atoms with van der Waals surface area (Å²) in [6, 6.07) is 7.29. The van der Waals surface area contributed by atoms with Gasteiger partial charge in [-0.2, -0.15) is 13.2 Å². The van der Waals surface area contributed by atoms with E-state index in [-0.39, 0.29) is 12.1 Å². The van der Waals surface area contributed by atoms with Gasteiger partial charge in [-0.05, 0) is 17.7 Å². The highest BCUT2D eigenvalue weighted by Crippen LogP contribution is 2.32. The van der Waals surface area contributed by atoms with Crippen LogP contribution in [-0.4, -0.2) is 14.5 Å². The molecule has 1 aromatic carbocycles. The van der Waals surface area contributed by atoms with Crippen molar-refractivity contribution in [2.24, 2.45) is 7.05 Å². The van der Waals surface area contributed by atoms with Crippen LogP contribution in [0.15, 0.2) is 42.9 Å². The Kier molecular flexibility index (Phi) is 3.48. The third-order valence-electron chi connectivity index (χ3n) is 3.41. The van der Waals surface area contributed by atoms with Crippen LogP contribution in [0.2, 0.25) is 0 Å². The number of pyridine rings is 1. The third kappa shape index (κ3) is 2.61. The van der Waals surface area contributed by atoms with Crippen molar-refractivity contribution in [1.29, 1.82) is 0 Å². The molecule has 0 unspecified atom stereocenters. The van der Waals surface area contributed by atoms with Crippen molar-refractivity contribution >= 4 is 16.9 Å². The predicted molar refractivity (Wildman–Crippen MR) is 77.3 cm³/mol. The first-order chi connectivity index (χ1) is 10.5. The molecular formula is C15H13F3N4. The van der Waals surface area contributed by atoms with Gasteiger partial charge in [-0.25, -0.2) is 9.97 Å². The van der Waals surface area contributed by atoms with E-state index in [1.165, 1.54) is 12.1 Å². The van der Waals surface area contributed by atoms with Crippen LogP contribution in [0.3, 0.4) is 0 Å². The maximum absolute atomic E-state index is 13.0. The monoisotopic (exact) mass is 306 g/mol. The Hall–Kier alpha value is -2.57. The highest BCUT2D eigenvalue weighted by molar-refractivity contribution is 5.85. The topological polar surface area (TPSA) is 42.7 Å². The van der Waals surface area contributed by atoms with Gasteiger partial charge in [-0.15, -0.1) is 0 Å². The number of rotatable bonds is 3. The first kappa shape index (κ1) is 14.4. The van der Waals surface area contributed by atoms with Crippen molar-refractivity contribution < 1.29 is 13.2 Å². The van der Waals surface area contributed by atoms with E-state index < -0.39 is 11.7 Å². The lowest BCUT2D eigenvalue weighted by Crippen LogP contribution is -2.12. The molecule has 3 rings (SSSR count). The largest absolute Gasteiger partial charge is 0.416 e. The molecule has 0 radical (unpaired) electrons. The number of aromatic nitrogens is 3. The Labute approximate surface area is 124 Å². The highest BCUT2D eigenvalue weighted by Gasteiger charge is 2.32. The average Bonchev–Trinajstić information content (AvgIpc) is 2.87. The smallest absolute Gasteiger partial charge is 0.364 e. The molecule has 0 amide bonds. The van der Waals surface area contributed by atoms with Crippen LogP contribution in [0.4, 0.5) is 19.0 Å². The first-order valence-corrected chi connectivity index (χ1v) is 6.62. The van der Waals surface area contributed by atoms with Gasteiger partial charge in [0.05, 0.1) is 17.4 Å². The quantitative estimate of drug-likeness (QED) is 0.804. The molecule has 0 aliphatic carbocycles. The van der Waals surface area contributed by atoms with E-state index in [9.17, 15) is 13.2 Å².